The summed E-state index contributed by atoms with van der Waals surface area (Å²) in [4.78, 5) is 4.24. The standard InChI is InChI=1S/C13H20N2O2/c1-10-5-6-15-13(12(10)8-14)17-9-11-4-2-3-7-16-11/h5-6,11H,2-4,7-9,14H2,1H3. The van der Waals surface area contributed by atoms with Crippen LogP contribution in [-0.4, -0.2) is 24.3 Å². The van der Waals surface area contributed by atoms with E-state index in [0.717, 1.165) is 30.6 Å². The molecule has 94 valence electrons. The van der Waals surface area contributed by atoms with Gasteiger partial charge in [-0.25, -0.2) is 4.98 Å². The zero-order valence-electron chi connectivity index (χ0n) is 10.3. The molecule has 1 saturated heterocycles. The molecule has 1 fully saturated rings. The molecule has 0 amide bonds. The molecular formula is C13H20N2O2. The Bertz CT molecular complexity index is 362. The zero-order valence-corrected chi connectivity index (χ0v) is 10.3. The van der Waals surface area contributed by atoms with Crippen LogP contribution in [0.15, 0.2) is 12.3 Å². The van der Waals surface area contributed by atoms with Crippen molar-refractivity contribution in [3.8, 4) is 5.88 Å². The lowest BCUT2D eigenvalue weighted by Crippen LogP contribution is -2.26. The fourth-order valence-corrected chi connectivity index (χ4v) is 2.05. The number of aromatic nitrogens is 1. The predicted octanol–water partition coefficient (Wildman–Crippen LogP) is 1.80. The molecule has 1 aliphatic rings. The average Bonchev–Trinajstić information content (AvgIpc) is 2.37. The maximum absolute atomic E-state index is 5.73. The van der Waals surface area contributed by atoms with Crippen LogP contribution in [0.3, 0.4) is 0 Å². The largest absolute Gasteiger partial charge is 0.475 e. The number of ether oxygens (including phenoxy) is 2. The Morgan fingerprint density at radius 3 is 3.12 bits per heavy atom. The number of pyridine rings is 1. The lowest BCUT2D eigenvalue weighted by atomic mass is 10.1. The van der Waals surface area contributed by atoms with E-state index in [-0.39, 0.29) is 6.10 Å². The monoisotopic (exact) mass is 236 g/mol. The van der Waals surface area contributed by atoms with Gasteiger partial charge in [0, 0.05) is 24.9 Å². The van der Waals surface area contributed by atoms with Gasteiger partial charge in [0.2, 0.25) is 5.88 Å². The van der Waals surface area contributed by atoms with Crippen molar-refractivity contribution < 1.29 is 9.47 Å². The molecule has 0 bridgehead atoms. The van der Waals surface area contributed by atoms with Crippen LogP contribution in [0.1, 0.15) is 30.4 Å². The van der Waals surface area contributed by atoms with Crippen LogP contribution >= 0.6 is 0 Å². The first-order valence-electron chi connectivity index (χ1n) is 6.20. The molecule has 0 aliphatic carbocycles. The first-order valence-corrected chi connectivity index (χ1v) is 6.20. The molecule has 2 heterocycles. The Kier molecular flexibility index (Phi) is 4.34. The van der Waals surface area contributed by atoms with Crippen LogP contribution in [0, 0.1) is 6.92 Å². The average molecular weight is 236 g/mol. The van der Waals surface area contributed by atoms with E-state index in [2.05, 4.69) is 4.98 Å². The summed E-state index contributed by atoms with van der Waals surface area (Å²) in [5.41, 5.74) is 7.83. The van der Waals surface area contributed by atoms with Gasteiger partial charge in [0.05, 0.1) is 6.10 Å². The highest BCUT2D eigenvalue weighted by atomic mass is 16.5. The van der Waals surface area contributed by atoms with E-state index in [1.165, 1.54) is 6.42 Å². The third kappa shape index (κ3) is 3.17. The molecule has 1 aromatic rings. The maximum Gasteiger partial charge on any atom is 0.218 e. The highest BCUT2D eigenvalue weighted by molar-refractivity contribution is 5.33. The minimum Gasteiger partial charge on any atom is -0.475 e. The van der Waals surface area contributed by atoms with Crippen molar-refractivity contribution in [3.63, 3.8) is 0 Å². The van der Waals surface area contributed by atoms with E-state index in [1.807, 2.05) is 13.0 Å². The van der Waals surface area contributed by atoms with Crippen LogP contribution in [0.2, 0.25) is 0 Å². The van der Waals surface area contributed by atoms with Crippen molar-refractivity contribution in [2.24, 2.45) is 5.73 Å². The summed E-state index contributed by atoms with van der Waals surface area (Å²) >= 11 is 0. The van der Waals surface area contributed by atoms with Crippen LogP contribution in [0.4, 0.5) is 0 Å². The Balaban J connectivity index is 1.95. The van der Waals surface area contributed by atoms with Gasteiger partial charge in [0.1, 0.15) is 6.61 Å². The van der Waals surface area contributed by atoms with E-state index < -0.39 is 0 Å². The summed E-state index contributed by atoms with van der Waals surface area (Å²) in [5, 5.41) is 0. The fraction of sp³-hybridized carbons (Fsp3) is 0.615. The Morgan fingerprint density at radius 2 is 2.41 bits per heavy atom. The molecule has 0 spiro atoms. The molecular weight excluding hydrogens is 216 g/mol. The fourth-order valence-electron chi connectivity index (χ4n) is 2.05. The van der Waals surface area contributed by atoms with Gasteiger partial charge in [-0.3, -0.25) is 0 Å². The topological polar surface area (TPSA) is 57.4 Å². The number of aryl methyl sites for hydroxylation is 1. The lowest BCUT2D eigenvalue weighted by molar-refractivity contribution is -0.0121. The van der Waals surface area contributed by atoms with Gasteiger partial charge in [-0.15, -0.1) is 0 Å². The Morgan fingerprint density at radius 1 is 1.53 bits per heavy atom. The summed E-state index contributed by atoms with van der Waals surface area (Å²) in [6.07, 6.45) is 5.42. The lowest BCUT2D eigenvalue weighted by Gasteiger charge is -2.23. The van der Waals surface area contributed by atoms with Gasteiger partial charge in [-0.1, -0.05) is 0 Å². The summed E-state index contributed by atoms with van der Waals surface area (Å²) in [6.45, 7) is 3.90. The number of nitrogens with two attached hydrogens (primary N) is 1. The van der Waals surface area contributed by atoms with Gasteiger partial charge in [0.25, 0.3) is 0 Å². The molecule has 4 nitrogen and oxygen atoms in total. The molecule has 4 heteroatoms. The Labute approximate surface area is 102 Å². The molecule has 1 aliphatic heterocycles. The number of hydrogen-bond donors (Lipinski definition) is 1. The maximum atomic E-state index is 5.73. The third-order valence-corrected chi connectivity index (χ3v) is 3.13. The molecule has 17 heavy (non-hydrogen) atoms. The smallest absolute Gasteiger partial charge is 0.218 e. The number of hydrogen-bond acceptors (Lipinski definition) is 4. The second-order valence-corrected chi connectivity index (χ2v) is 4.42. The molecule has 1 aromatic heterocycles. The highest BCUT2D eigenvalue weighted by Gasteiger charge is 2.15. The predicted molar refractivity (Wildman–Crippen MR) is 66.0 cm³/mol. The summed E-state index contributed by atoms with van der Waals surface area (Å²) < 4.78 is 11.4. The van der Waals surface area contributed by atoms with Crippen molar-refractivity contribution in [2.45, 2.75) is 38.8 Å². The van der Waals surface area contributed by atoms with Crippen molar-refractivity contribution in [3.05, 3.63) is 23.4 Å². The van der Waals surface area contributed by atoms with Crippen molar-refractivity contribution in [1.29, 1.82) is 0 Å². The molecule has 2 N–H and O–H groups in total. The van der Waals surface area contributed by atoms with Gasteiger partial charge < -0.3 is 15.2 Å². The zero-order chi connectivity index (χ0) is 12.1. The van der Waals surface area contributed by atoms with Gasteiger partial charge in [-0.05, 0) is 37.8 Å². The number of nitrogens with zero attached hydrogens (tertiary/aromatic N) is 1. The van der Waals surface area contributed by atoms with E-state index in [1.54, 1.807) is 6.20 Å². The van der Waals surface area contributed by atoms with Crippen LogP contribution < -0.4 is 10.5 Å². The number of rotatable bonds is 4. The second kappa shape index (κ2) is 5.98. The van der Waals surface area contributed by atoms with Crippen LogP contribution in [-0.2, 0) is 11.3 Å². The third-order valence-electron chi connectivity index (χ3n) is 3.13. The van der Waals surface area contributed by atoms with Gasteiger partial charge >= 0.3 is 0 Å². The van der Waals surface area contributed by atoms with Gasteiger partial charge in [-0.2, -0.15) is 0 Å². The SMILES string of the molecule is Cc1ccnc(OCC2CCCCO2)c1CN. The molecule has 0 aromatic carbocycles. The van der Waals surface area contributed by atoms with E-state index in [0.29, 0.717) is 19.0 Å². The van der Waals surface area contributed by atoms with Crippen molar-refractivity contribution in [2.75, 3.05) is 13.2 Å². The first-order chi connectivity index (χ1) is 8.31. The normalized spacial score (nSPS) is 20.2. The summed E-state index contributed by atoms with van der Waals surface area (Å²) in [5.74, 6) is 0.654. The molecule has 0 radical (unpaired) electrons. The van der Waals surface area contributed by atoms with Crippen molar-refractivity contribution in [1.82, 2.24) is 4.98 Å². The van der Waals surface area contributed by atoms with Crippen molar-refractivity contribution >= 4 is 0 Å². The quantitative estimate of drug-likeness (QED) is 0.866. The van der Waals surface area contributed by atoms with Crippen LogP contribution in [0.5, 0.6) is 5.88 Å². The minimum absolute atomic E-state index is 0.205. The Hall–Kier alpha value is -1.13. The highest BCUT2D eigenvalue weighted by Crippen LogP contribution is 2.20. The van der Waals surface area contributed by atoms with E-state index in [4.69, 9.17) is 15.2 Å². The summed E-state index contributed by atoms with van der Waals surface area (Å²) in [7, 11) is 0. The molecule has 1 unspecified atom stereocenters. The van der Waals surface area contributed by atoms with E-state index >= 15 is 0 Å². The minimum atomic E-state index is 0.205. The molecule has 0 saturated carbocycles. The second-order valence-electron chi connectivity index (χ2n) is 4.42. The van der Waals surface area contributed by atoms with E-state index in [9.17, 15) is 0 Å². The first kappa shape index (κ1) is 12.3. The summed E-state index contributed by atoms with van der Waals surface area (Å²) in [6, 6.07) is 1.95. The molecule has 2 rings (SSSR count). The van der Waals surface area contributed by atoms with Crippen LogP contribution in [0.25, 0.3) is 0 Å². The molecule has 1 atom stereocenters. The van der Waals surface area contributed by atoms with Gasteiger partial charge in [0.15, 0.2) is 0 Å².